The van der Waals surface area contributed by atoms with E-state index in [2.05, 4.69) is 27.9 Å². The Morgan fingerprint density at radius 3 is 2.88 bits per heavy atom. The molecule has 88 valence electrons. The number of carbonyl (C=O) groups excluding carboxylic acids is 1. The van der Waals surface area contributed by atoms with E-state index in [1.165, 1.54) is 0 Å². The Bertz CT molecular complexity index is 351. The lowest BCUT2D eigenvalue weighted by Gasteiger charge is -2.13. The van der Waals surface area contributed by atoms with Crippen LogP contribution in [0.15, 0.2) is 24.3 Å². The van der Waals surface area contributed by atoms with Gasteiger partial charge in [-0.3, -0.25) is 4.79 Å². The molecule has 0 aliphatic heterocycles. The van der Waals surface area contributed by atoms with Crippen molar-refractivity contribution in [2.45, 2.75) is 25.8 Å². The zero-order chi connectivity index (χ0) is 12.0. The van der Waals surface area contributed by atoms with Crippen molar-refractivity contribution in [3.63, 3.8) is 0 Å². The SMILES string of the molecule is CCC(CO)NC(=O)Cc1cccc(I)c1. The molecule has 2 N–H and O–H groups in total. The van der Waals surface area contributed by atoms with E-state index in [1.807, 2.05) is 31.2 Å². The minimum Gasteiger partial charge on any atom is -0.394 e. The van der Waals surface area contributed by atoms with E-state index < -0.39 is 0 Å². The van der Waals surface area contributed by atoms with Crippen LogP contribution in [0.3, 0.4) is 0 Å². The first kappa shape index (κ1) is 13.4. The molecule has 1 unspecified atom stereocenters. The first-order valence-corrected chi connectivity index (χ1v) is 6.38. The van der Waals surface area contributed by atoms with Crippen LogP contribution >= 0.6 is 22.6 Å². The maximum absolute atomic E-state index is 11.6. The van der Waals surface area contributed by atoms with Crippen LogP contribution in [0.25, 0.3) is 0 Å². The van der Waals surface area contributed by atoms with Gasteiger partial charge in [-0.25, -0.2) is 0 Å². The molecule has 4 heteroatoms. The van der Waals surface area contributed by atoms with Crippen molar-refractivity contribution >= 4 is 28.5 Å². The number of hydrogen-bond acceptors (Lipinski definition) is 2. The van der Waals surface area contributed by atoms with Gasteiger partial charge >= 0.3 is 0 Å². The molecule has 0 heterocycles. The lowest BCUT2D eigenvalue weighted by Crippen LogP contribution is -2.37. The second kappa shape index (κ2) is 6.85. The van der Waals surface area contributed by atoms with Gasteiger partial charge in [0.05, 0.1) is 19.1 Å². The number of amides is 1. The summed E-state index contributed by atoms with van der Waals surface area (Å²) in [5, 5.41) is 11.8. The average Bonchev–Trinajstić information content (AvgIpc) is 2.26. The monoisotopic (exact) mass is 333 g/mol. The summed E-state index contributed by atoms with van der Waals surface area (Å²) in [4.78, 5) is 11.6. The molecule has 0 bridgehead atoms. The largest absolute Gasteiger partial charge is 0.394 e. The summed E-state index contributed by atoms with van der Waals surface area (Å²) in [5.74, 6) is -0.0390. The van der Waals surface area contributed by atoms with Gasteiger partial charge < -0.3 is 10.4 Å². The molecule has 0 aliphatic rings. The summed E-state index contributed by atoms with van der Waals surface area (Å²) in [6.07, 6.45) is 1.11. The summed E-state index contributed by atoms with van der Waals surface area (Å²) < 4.78 is 1.12. The predicted molar refractivity (Wildman–Crippen MR) is 72.2 cm³/mol. The highest BCUT2D eigenvalue weighted by Gasteiger charge is 2.09. The van der Waals surface area contributed by atoms with Crippen molar-refractivity contribution in [1.29, 1.82) is 0 Å². The van der Waals surface area contributed by atoms with Crippen molar-refractivity contribution in [3.8, 4) is 0 Å². The van der Waals surface area contributed by atoms with Gasteiger partial charge in [-0.2, -0.15) is 0 Å². The van der Waals surface area contributed by atoms with Crippen LogP contribution in [0.5, 0.6) is 0 Å². The van der Waals surface area contributed by atoms with Gasteiger partial charge in [0.25, 0.3) is 0 Å². The molecule has 0 saturated carbocycles. The molecule has 0 saturated heterocycles. The first-order chi connectivity index (χ1) is 7.65. The summed E-state index contributed by atoms with van der Waals surface area (Å²) in [5.41, 5.74) is 0.997. The predicted octanol–water partition coefficient (Wildman–Crippen LogP) is 1.72. The Kier molecular flexibility index (Phi) is 5.76. The zero-order valence-corrected chi connectivity index (χ0v) is 11.4. The summed E-state index contributed by atoms with van der Waals surface area (Å²) >= 11 is 2.22. The zero-order valence-electron chi connectivity index (χ0n) is 9.24. The third kappa shape index (κ3) is 4.49. The van der Waals surface area contributed by atoms with Gasteiger partial charge in [-0.15, -0.1) is 0 Å². The minimum absolute atomic E-state index is 0.00539. The number of carbonyl (C=O) groups is 1. The van der Waals surface area contributed by atoms with Gasteiger partial charge in [0.1, 0.15) is 0 Å². The molecule has 16 heavy (non-hydrogen) atoms. The molecule has 1 rings (SSSR count). The van der Waals surface area contributed by atoms with Crippen LogP contribution in [0.2, 0.25) is 0 Å². The lowest BCUT2D eigenvalue weighted by atomic mass is 10.1. The van der Waals surface area contributed by atoms with E-state index in [9.17, 15) is 4.79 Å². The molecule has 0 radical (unpaired) electrons. The van der Waals surface area contributed by atoms with Crippen LogP contribution in [0, 0.1) is 3.57 Å². The van der Waals surface area contributed by atoms with E-state index >= 15 is 0 Å². The van der Waals surface area contributed by atoms with Crippen molar-refractivity contribution in [3.05, 3.63) is 33.4 Å². The van der Waals surface area contributed by atoms with Crippen molar-refractivity contribution in [2.75, 3.05) is 6.61 Å². The highest BCUT2D eigenvalue weighted by molar-refractivity contribution is 14.1. The third-order valence-corrected chi connectivity index (χ3v) is 3.00. The minimum atomic E-state index is -0.129. The van der Waals surface area contributed by atoms with Gasteiger partial charge in [-0.05, 0) is 46.7 Å². The van der Waals surface area contributed by atoms with Crippen molar-refractivity contribution < 1.29 is 9.90 Å². The Balaban J connectivity index is 2.51. The van der Waals surface area contributed by atoms with E-state index in [0.717, 1.165) is 15.6 Å². The highest BCUT2D eigenvalue weighted by atomic mass is 127. The second-order valence-electron chi connectivity index (χ2n) is 3.66. The normalized spacial score (nSPS) is 12.2. The number of hydrogen-bond donors (Lipinski definition) is 2. The number of rotatable bonds is 5. The molecule has 1 amide bonds. The van der Waals surface area contributed by atoms with E-state index in [-0.39, 0.29) is 18.6 Å². The molecule has 1 aromatic rings. The van der Waals surface area contributed by atoms with Crippen LogP contribution in [0.1, 0.15) is 18.9 Å². The van der Waals surface area contributed by atoms with Crippen LogP contribution in [0.4, 0.5) is 0 Å². The quantitative estimate of drug-likeness (QED) is 0.806. The van der Waals surface area contributed by atoms with E-state index in [4.69, 9.17) is 5.11 Å². The maximum atomic E-state index is 11.6. The van der Waals surface area contributed by atoms with Crippen molar-refractivity contribution in [2.24, 2.45) is 0 Å². The van der Waals surface area contributed by atoms with E-state index in [0.29, 0.717) is 6.42 Å². The smallest absolute Gasteiger partial charge is 0.224 e. The number of nitrogens with one attached hydrogen (secondary N) is 1. The fourth-order valence-corrected chi connectivity index (χ4v) is 2.00. The van der Waals surface area contributed by atoms with Gasteiger partial charge in [0.15, 0.2) is 0 Å². The number of benzene rings is 1. The highest BCUT2D eigenvalue weighted by Crippen LogP contribution is 2.08. The standard InChI is InChI=1S/C12H16INO2/c1-2-11(8-15)14-12(16)7-9-4-3-5-10(13)6-9/h3-6,11,15H,2,7-8H2,1H3,(H,14,16). The number of aliphatic hydroxyl groups excluding tert-OH is 1. The lowest BCUT2D eigenvalue weighted by molar-refractivity contribution is -0.121. The number of halogens is 1. The molecule has 1 aromatic carbocycles. The van der Waals surface area contributed by atoms with Crippen molar-refractivity contribution in [1.82, 2.24) is 5.32 Å². The molecular formula is C12H16INO2. The second-order valence-corrected chi connectivity index (χ2v) is 4.91. The number of aliphatic hydroxyl groups is 1. The summed E-state index contributed by atoms with van der Waals surface area (Å²) in [7, 11) is 0. The topological polar surface area (TPSA) is 49.3 Å². The summed E-state index contributed by atoms with van der Waals surface area (Å²) in [6.45, 7) is 1.93. The van der Waals surface area contributed by atoms with Gasteiger partial charge in [-0.1, -0.05) is 19.1 Å². The van der Waals surface area contributed by atoms with Crippen LogP contribution < -0.4 is 5.32 Å². The first-order valence-electron chi connectivity index (χ1n) is 5.30. The Hall–Kier alpha value is -0.620. The molecule has 3 nitrogen and oxygen atoms in total. The molecular weight excluding hydrogens is 317 g/mol. The summed E-state index contributed by atoms with van der Waals surface area (Å²) in [6, 6.07) is 7.72. The molecule has 0 fully saturated rings. The Labute approximate surface area is 109 Å². The van der Waals surface area contributed by atoms with Crippen LogP contribution in [-0.2, 0) is 11.2 Å². The molecule has 0 spiro atoms. The third-order valence-electron chi connectivity index (χ3n) is 2.33. The maximum Gasteiger partial charge on any atom is 0.224 e. The fraction of sp³-hybridized carbons (Fsp3) is 0.417. The molecule has 1 atom stereocenters. The van der Waals surface area contributed by atoms with E-state index in [1.54, 1.807) is 0 Å². The van der Waals surface area contributed by atoms with Gasteiger partial charge in [0.2, 0.25) is 5.91 Å². The fourth-order valence-electron chi connectivity index (χ4n) is 1.39. The molecule has 0 aromatic heterocycles. The van der Waals surface area contributed by atoms with Gasteiger partial charge in [0, 0.05) is 3.57 Å². The average molecular weight is 333 g/mol. The Morgan fingerprint density at radius 1 is 1.56 bits per heavy atom. The molecule has 0 aliphatic carbocycles. The Morgan fingerprint density at radius 2 is 2.31 bits per heavy atom. The van der Waals surface area contributed by atoms with Crippen LogP contribution in [-0.4, -0.2) is 23.7 Å².